The van der Waals surface area contributed by atoms with Crippen molar-refractivity contribution in [2.75, 3.05) is 0 Å². The number of aliphatic imine (C=N–C) groups is 1. The Morgan fingerprint density at radius 2 is 1.72 bits per heavy atom. The van der Waals surface area contributed by atoms with Gasteiger partial charge in [-0.25, -0.2) is 0 Å². The Balaban J connectivity index is 2.13. The molecule has 0 spiro atoms. The van der Waals surface area contributed by atoms with Gasteiger partial charge in [0.15, 0.2) is 0 Å². The number of rotatable bonds is 2. The molecule has 0 bridgehead atoms. The van der Waals surface area contributed by atoms with E-state index in [1.54, 1.807) is 0 Å². The predicted octanol–water partition coefficient (Wildman–Crippen LogP) is 3.86. The van der Waals surface area contributed by atoms with E-state index in [1.165, 1.54) is 16.7 Å². The van der Waals surface area contributed by atoms with Crippen LogP contribution in [0.2, 0.25) is 0 Å². The van der Waals surface area contributed by atoms with E-state index in [0.717, 1.165) is 18.6 Å². The van der Waals surface area contributed by atoms with Crippen LogP contribution in [0, 0.1) is 0 Å². The molecule has 1 nitrogen and oxygen atoms in total. The molecular formula is C17H17N. The summed E-state index contributed by atoms with van der Waals surface area (Å²) in [6, 6.07) is 19.6. The molecule has 1 aliphatic heterocycles. The normalized spacial score (nSPS) is 18.1. The summed E-state index contributed by atoms with van der Waals surface area (Å²) >= 11 is 0. The Labute approximate surface area is 108 Å². The van der Waals surface area contributed by atoms with Gasteiger partial charge < -0.3 is 0 Å². The molecule has 1 unspecified atom stereocenters. The molecule has 1 heteroatoms. The summed E-state index contributed by atoms with van der Waals surface area (Å²) in [6.45, 7) is 2.21. The van der Waals surface area contributed by atoms with Gasteiger partial charge in [0, 0.05) is 11.1 Å². The number of benzene rings is 2. The van der Waals surface area contributed by atoms with E-state index in [4.69, 9.17) is 4.99 Å². The summed E-state index contributed by atoms with van der Waals surface area (Å²) in [5, 5.41) is 0. The monoisotopic (exact) mass is 235 g/mol. The molecule has 0 saturated heterocycles. The first-order valence-electron chi connectivity index (χ1n) is 6.60. The zero-order valence-corrected chi connectivity index (χ0v) is 10.6. The van der Waals surface area contributed by atoms with Gasteiger partial charge in [-0.3, -0.25) is 4.99 Å². The average molecular weight is 235 g/mol. The highest BCUT2D eigenvalue weighted by Gasteiger charge is 2.20. The van der Waals surface area contributed by atoms with E-state index in [-0.39, 0.29) is 0 Å². The lowest BCUT2D eigenvalue weighted by Crippen LogP contribution is -2.21. The number of fused-ring (bicyclic) bond motifs is 1. The van der Waals surface area contributed by atoms with Crippen molar-refractivity contribution in [2.24, 2.45) is 4.99 Å². The molecule has 2 aromatic rings. The number of nitrogens with zero attached hydrogens (tertiary/aromatic N) is 1. The molecule has 0 saturated carbocycles. The van der Waals surface area contributed by atoms with Gasteiger partial charge >= 0.3 is 0 Å². The fourth-order valence-corrected chi connectivity index (χ4v) is 2.54. The van der Waals surface area contributed by atoms with E-state index in [9.17, 15) is 0 Å². The molecule has 0 radical (unpaired) electrons. The molecule has 0 amide bonds. The van der Waals surface area contributed by atoms with Crippen LogP contribution in [0.15, 0.2) is 59.6 Å². The maximum Gasteiger partial charge on any atom is 0.0725 e. The summed E-state index contributed by atoms with van der Waals surface area (Å²) in [5.74, 6) is 0. The van der Waals surface area contributed by atoms with Crippen molar-refractivity contribution >= 4 is 5.71 Å². The van der Waals surface area contributed by atoms with Crippen LogP contribution >= 0.6 is 0 Å². The van der Waals surface area contributed by atoms with Crippen molar-refractivity contribution < 1.29 is 0 Å². The Morgan fingerprint density at radius 1 is 1.00 bits per heavy atom. The molecule has 0 fully saturated rings. The molecule has 0 aliphatic carbocycles. The number of hydrogen-bond acceptors (Lipinski definition) is 1. The molecule has 1 aliphatic rings. The Kier molecular flexibility index (Phi) is 2.97. The third-order valence-electron chi connectivity index (χ3n) is 3.56. The van der Waals surface area contributed by atoms with Gasteiger partial charge in [-0.05, 0) is 18.4 Å². The fourth-order valence-electron chi connectivity index (χ4n) is 2.54. The van der Waals surface area contributed by atoms with Crippen LogP contribution in [0.3, 0.4) is 0 Å². The van der Waals surface area contributed by atoms with Crippen molar-refractivity contribution in [1.29, 1.82) is 0 Å². The number of hydrogen-bond donors (Lipinski definition) is 0. The molecule has 1 atom stereocenters. The maximum absolute atomic E-state index is 4.93. The lowest BCUT2D eigenvalue weighted by Gasteiger charge is -2.22. The van der Waals surface area contributed by atoms with Crippen molar-refractivity contribution in [2.45, 2.75) is 25.8 Å². The highest BCUT2D eigenvalue weighted by atomic mass is 14.8. The van der Waals surface area contributed by atoms with E-state index >= 15 is 0 Å². The molecule has 0 N–H and O–H groups in total. The SMILES string of the molecule is CCC1Cc2ccccc2C(c2ccccc2)=N1. The van der Waals surface area contributed by atoms with Gasteiger partial charge in [0.25, 0.3) is 0 Å². The lowest BCUT2D eigenvalue weighted by atomic mass is 9.90. The van der Waals surface area contributed by atoms with Gasteiger partial charge in [-0.15, -0.1) is 0 Å². The van der Waals surface area contributed by atoms with Crippen LogP contribution in [0.25, 0.3) is 0 Å². The topological polar surface area (TPSA) is 12.4 Å². The van der Waals surface area contributed by atoms with Crippen molar-refractivity contribution in [3.05, 3.63) is 71.3 Å². The smallest absolute Gasteiger partial charge is 0.0725 e. The van der Waals surface area contributed by atoms with Crippen LogP contribution in [-0.4, -0.2) is 11.8 Å². The molecule has 3 rings (SSSR count). The third-order valence-corrected chi connectivity index (χ3v) is 3.56. The van der Waals surface area contributed by atoms with E-state index in [2.05, 4.69) is 61.5 Å². The van der Waals surface area contributed by atoms with Crippen molar-refractivity contribution in [1.82, 2.24) is 0 Å². The molecule has 18 heavy (non-hydrogen) atoms. The van der Waals surface area contributed by atoms with E-state index in [1.807, 2.05) is 0 Å². The minimum Gasteiger partial charge on any atom is -0.280 e. The van der Waals surface area contributed by atoms with Gasteiger partial charge in [0.2, 0.25) is 0 Å². The minimum absolute atomic E-state index is 0.426. The predicted molar refractivity (Wildman–Crippen MR) is 76.3 cm³/mol. The molecule has 1 heterocycles. The first-order valence-corrected chi connectivity index (χ1v) is 6.60. The second-order valence-corrected chi connectivity index (χ2v) is 4.77. The van der Waals surface area contributed by atoms with Crippen LogP contribution in [0.5, 0.6) is 0 Å². The van der Waals surface area contributed by atoms with Crippen LogP contribution < -0.4 is 0 Å². The van der Waals surface area contributed by atoms with Gasteiger partial charge in [-0.2, -0.15) is 0 Å². The highest BCUT2D eigenvalue weighted by molar-refractivity contribution is 6.14. The van der Waals surface area contributed by atoms with Gasteiger partial charge in [0.1, 0.15) is 0 Å². The van der Waals surface area contributed by atoms with Crippen LogP contribution in [0.1, 0.15) is 30.0 Å². The first kappa shape index (κ1) is 11.2. The van der Waals surface area contributed by atoms with Gasteiger partial charge in [-0.1, -0.05) is 61.5 Å². The largest absolute Gasteiger partial charge is 0.280 e. The zero-order valence-electron chi connectivity index (χ0n) is 10.6. The Hall–Kier alpha value is -1.89. The second kappa shape index (κ2) is 4.77. The summed E-state index contributed by atoms with van der Waals surface area (Å²) < 4.78 is 0. The van der Waals surface area contributed by atoms with Crippen molar-refractivity contribution in [3.63, 3.8) is 0 Å². The molecule has 90 valence electrons. The Morgan fingerprint density at radius 3 is 2.50 bits per heavy atom. The minimum atomic E-state index is 0.426. The first-order chi connectivity index (χ1) is 8.88. The molecular weight excluding hydrogens is 218 g/mol. The summed E-state index contributed by atoms with van der Waals surface area (Å²) in [7, 11) is 0. The van der Waals surface area contributed by atoms with E-state index < -0.39 is 0 Å². The summed E-state index contributed by atoms with van der Waals surface area (Å²) in [4.78, 5) is 4.93. The lowest BCUT2D eigenvalue weighted by molar-refractivity contribution is 0.640. The van der Waals surface area contributed by atoms with Gasteiger partial charge in [0.05, 0.1) is 11.8 Å². The van der Waals surface area contributed by atoms with Crippen LogP contribution in [0.4, 0.5) is 0 Å². The average Bonchev–Trinajstić information content (AvgIpc) is 2.47. The summed E-state index contributed by atoms with van der Waals surface area (Å²) in [5.41, 5.74) is 5.11. The standard InChI is InChI=1S/C17H17N/c1-2-15-12-14-10-6-7-11-16(14)17(18-15)13-8-4-3-5-9-13/h3-11,15H,2,12H2,1H3. The quantitative estimate of drug-likeness (QED) is 0.749. The van der Waals surface area contributed by atoms with Crippen LogP contribution in [-0.2, 0) is 6.42 Å². The Bertz CT molecular complexity index is 569. The van der Waals surface area contributed by atoms with E-state index in [0.29, 0.717) is 6.04 Å². The zero-order chi connectivity index (χ0) is 12.4. The highest BCUT2D eigenvalue weighted by Crippen LogP contribution is 2.24. The second-order valence-electron chi connectivity index (χ2n) is 4.77. The fraction of sp³-hybridized carbons (Fsp3) is 0.235. The third kappa shape index (κ3) is 1.97. The maximum atomic E-state index is 4.93. The molecule has 2 aromatic carbocycles. The summed E-state index contributed by atoms with van der Waals surface area (Å²) in [6.07, 6.45) is 2.17. The molecule has 0 aromatic heterocycles. The van der Waals surface area contributed by atoms with Crippen molar-refractivity contribution in [3.8, 4) is 0 Å².